The van der Waals surface area contributed by atoms with E-state index in [1.54, 1.807) is 11.3 Å². The second-order valence-electron chi connectivity index (χ2n) is 6.79. The van der Waals surface area contributed by atoms with Crippen molar-refractivity contribution in [3.63, 3.8) is 0 Å². The zero-order chi connectivity index (χ0) is 15.6. The number of carbonyl (C=O) groups is 1. The Kier molecular flexibility index (Phi) is 3.05. The van der Waals surface area contributed by atoms with Crippen LogP contribution in [0.2, 0.25) is 0 Å². The van der Waals surface area contributed by atoms with Crippen molar-refractivity contribution in [2.75, 3.05) is 13.2 Å². The van der Waals surface area contributed by atoms with Crippen molar-refractivity contribution in [3.8, 4) is 0 Å². The number of rotatable bonds is 4. The zero-order valence-electron chi connectivity index (χ0n) is 12.7. The maximum absolute atomic E-state index is 13.4. The maximum Gasteiger partial charge on any atom is 0.273 e. The van der Waals surface area contributed by atoms with Gasteiger partial charge >= 0.3 is 0 Å². The monoisotopic (exact) mass is 333 g/mol. The van der Waals surface area contributed by atoms with Crippen LogP contribution in [0.5, 0.6) is 0 Å². The maximum atomic E-state index is 13.4. The number of nitrogens with zero attached hydrogens (tertiary/aromatic N) is 3. The summed E-state index contributed by atoms with van der Waals surface area (Å²) in [5.74, 6) is 0.432. The summed E-state index contributed by atoms with van der Waals surface area (Å²) in [6.45, 7) is 0.741. The Bertz CT molecular complexity index is 762. The predicted octanol–water partition coefficient (Wildman–Crippen LogP) is 1.64. The van der Waals surface area contributed by atoms with Crippen molar-refractivity contribution in [2.45, 2.75) is 49.8 Å². The van der Waals surface area contributed by atoms with E-state index in [2.05, 4.69) is 0 Å². The number of hydrogen-bond acceptors (Lipinski definition) is 5. The number of aromatic nitrogens is 2. The summed E-state index contributed by atoms with van der Waals surface area (Å²) in [6, 6.07) is 0.00586. The third-order valence-electron chi connectivity index (χ3n) is 5.01. The topological polar surface area (TPSA) is 67.1 Å². The van der Waals surface area contributed by atoms with Gasteiger partial charge in [0.05, 0.1) is 31.1 Å². The zero-order valence-corrected chi connectivity index (χ0v) is 13.5. The third-order valence-corrected chi connectivity index (χ3v) is 5.77. The highest BCUT2D eigenvalue weighted by Crippen LogP contribution is 2.43. The fraction of sp³-hybridized carbons (Fsp3) is 0.625. The lowest BCUT2D eigenvalue weighted by atomic mass is 10.1. The van der Waals surface area contributed by atoms with Gasteiger partial charge in [-0.05, 0) is 25.7 Å². The molecule has 2 atom stereocenters. The van der Waals surface area contributed by atoms with E-state index in [0.717, 1.165) is 36.3 Å². The van der Waals surface area contributed by atoms with Crippen molar-refractivity contribution in [3.05, 3.63) is 23.0 Å². The van der Waals surface area contributed by atoms with Gasteiger partial charge in [-0.1, -0.05) is 0 Å². The molecule has 2 aromatic heterocycles. The van der Waals surface area contributed by atoms with E-state index < -0.39 is 6.10 Å². The van der Waals surface area contributed by atoms with E-state index in [0.29, 0.717) is 24.8 Å². The Morgan fingerprint density at radius 1 is 1.35 bits per heavy atom. The predicted molar refractivity (Wildman–Crippen MR) is 84.8 cm³/mol. The van der Waals surface area contributed by atoms with Gasteiger partial charge in [-0.2, -0.15) is 0 Å². The van der Waals surface area contributed by atoms with E-state index in [1.807, 2.05) is 20.9 Å². The molecule has 122 valence electrons. The molecule has 0 aromatic carbocycles. The number of imidazole rings is 1. The lowest BCUT2D eigenvalue weighted by molar-refractivity contribution is 0.0471. The molecule has 23 heavy (non-hydrogen) atoms. The standard InChI is InChI=1S/C16H19N3O3S/c20-12-8-22-7-11(12)19(10-3-4-10)15(21)14-13(9-1-2-9)17-16-18(14)5-6-23-16/h5-6,9-12,20H,1-4,7-8H2/t11-,12-/m1/s1. The molecule has 0 radical (unpaired) electrons. The molecule has 2 saturated carbocycles. The van der Waals surface area contributed by atoms with Crippen molar-refractivity contribution in [2.24, 2.45) is 0 Å². The fourth-order valence-electron chi connectivity index (χ4n) is 3.52. The Hall–Kier alpha value is -1.44. The summed E-state index contributed by atoms with van der Waals surface area (Å²) >= 11 is 1.56. The van der Waals surface area contributed by atoms with E-state index in [-0.39, 0.29) is 18.0 Å². The molecule has 3 aliphatic rings. The molecule has 3 fully saturated rings. The minimum absolute atomic E-state index is 0.00912. The average molecular weight is 333 g/mol. The van der Waals surface area contributed by atoms with Gasteiger partial charge < -0.3 is 14.7 Å². The van der Waals surface area contributed by atoms with Crippen molar-refractivity contribution < 1.29 is 14.6 Å². The molecular formula is C16H19N3O3S. The first-order valence-electron chi connectivity index (χ1n) is 8.28. The van der Waals surface area contributed by atoms with E-state index in [4.69, 9.17) is 9.72 Å². The molecule has 0 bridgehead atoms. The molecule has 2 aliphatic carbocycles. The Balaban J connectivity index is 1.58. The summed E-state index contributed by atoms with van der Waals surface area (Å²) in [5.41, 5.74) is 1.65. The van der Waals surface area contributed by atoms with Gasteiger partial charge in [0, 0.05) is 23.5 Å². The molecule has 0 spiro atoms. The van der Waals surface area contributed by atoms with Crippen LogP contribution in [0.4, 0.5) is 0 Å². The van der Waals surface area contributed by atoms with Gasteiger partial charge in [0.25, 0.3) is 5.91 Å². The highest BCUT2D eigenvalue weighted by Gasteiger charge is 2.45. The van der Waals surface area contributed by atoms with Gasteiger partial charge in [-0.25, -0.2) is 4.98 Å². The van der Waals surface area contributed by atoms with Gasteiger partial charge in [0.15, 0.2) is 4.96 Å². The number of amides is 1. The smallest absolute Gasteiger partial charge is 0.273 e. The van der Waals surface area contributed by atoms with Crippen LogP contribution in [0, 0.1) is 0 Å². The van der Waals surface area contributed by atoms with Crippen molar-refractivity contribution in [1.29, 1.82) is 0 Å². The van der Waals surface area contributed by atoms with Crippen molar-refractivity contribution in [1.82, 2.24) is 14.3 Å². The van der Waals surface area contributed by atoms with Crippen LogP contribution in [0.3, 0.4) is 0 Å². The molecule has 1 aliphatic heterocycles. The average Bonchev–Trinajstić information content (AvgIpc) is 3.42. The summed E-state index contributed by atoms with van der Waals surface area (Å²) in [5, 5.41) is 12.2. The molecular weight excluding hydrogens is 314 g/mol. The molecule has 3 heterocycles. The minimum atomic E-state index is -0.588. The number of fused-ring (bicyclic) bond motifs is 1. The quantitative estimate of drug-likeness (QED) is 0.924. The second kappa shape index (κ2) is 5.03. The van der Waals surface area contributed by atoms with E-state index >= 15 is 0 Å². The number of carbonyl (C=O) groups excluding carboxylic acids is 1. The first-order chi connectivity index (χ1) is 11.2. The highest BCUT2D eigenvalue weighted by molar-refractivity contribution is 7.15. The molecule has 0 unspecified atom stereocenters. The number of aliphatic hydroxyl groups is 1. The summed E-state index contributed by atoms with van der Waals surface area (Å²) < 4.78 is 7.32. The molecule has 7 heteroatoms. The Morgan fingerprint density at radius 3 is 2.83 bits per heavy atom. The summed E-state index contributed by atoms with van der Waals surface area (Å²) in [6.07, 6.45) is 5.60. The number of ether oxygens (including phenoxy) is 1. The van der Waals surface area contributed by atoms with Gasteiger partial charge in [0.1, 0.15) is 5.69 Å². The van der Waals surface area contributed by atoms with Crippen LogP contribution in [0.1, 0.15) is 47.8 Å². The number of aliphatic hydroxyl groups excluding tert-OH is 1. The largest absolute Gasteiger partial charge is 0.388 e. The van der Waals surface area contributed by atoms with Crippen LogP contribution in [0.25, 0.3) is 4.96 Å². The third kappa shape index (κ3) is 2.21. The number of thiazole rings is 1. The highest BCUT2D eigenvalue weighted by atomic mass is 32.1. The Morgan fingerprint density at radius 2 is 2.17 bits per heavy atom. The van der Waals surface area contributed by atoms with Gasteiger partial charge in [0.2, 0.25) is 0 Å². The molecule has 6 nitrogen and oxygen atoms in total. The van der Waals surface area contributed by atoms with Crippen LogP contribution < -0.4 is 0 Å². The molecule has 5 rings (SSSR count). The molecule has 1 amide bonds. The van der Waals surface area contributed by atoms with E-state index in [1.165, 1.54) is 0 Å². The van der Waals surface area contributed by atoms with Crippen LogP contribution >= 0.6 is 11.3 Å². The SMILES string of the molecule is O=C(c1c(C2CC2)nc2sccn12)N(C1CC1)[C@@H]1COC[C@H]1O. The normalized spacial score (nSPS) is 27.7. The van der Waals surface area contributed by atoms with Crippen LogP contribution in [-0.2, 0) is 4.74 Å². The van der Waals surface area contributed by atoms with Crippen molar-refractivity contribution >= 4 is 22.2 Å². The lowest BCUT2D eigenvalue weighted by Crippen LogP contribution is -2.48. The summed E-state index contributed by atoms with van der Waals surface area (Å²) in [4.78, 5) is 20.9. The Labute approximate surface area is 137 Å². The first kappa shape index (κ1) is 13.9. The molecule has 1 saturated heterocycles. The lowest BCUT2D eigenvalue weighted by Gasteiger charge is -2.30. The molecule has 2 aromatic rings. The van der Waals surface area contributed by atoms with Gasteiger partial charge in [-0.3, -0.25) is 9.20 Å². The first-order valence-corrected chi connectivity index (χ1v) is 9.16. The second-order valence-corrected chi connectivity index (χ2v) is 7.66. The van der Waals surface area contributed by atoms with E-state index in [9.17, 15) is 9.90 Å². The van der Waals surface area contributed by atoms with Crippen LogP contribution in [0.15, 0.2) is 11.6 Å². The van der Waals surface area contributed by atoms with Gasteiger partial charge in [-0.15, -0.1) is 11.3 Å². The molecule has 1 N–H and O–H groups in total. The fourth-order valence-corrected chi connectivity index (χ4v) is 4.24. The summed E-state index contributed by atoms with van der Waals surface area (Å²) in [7, 11) is 0. The minimum Gasteiger partial charge on any atom is -0.388 e. The van der Waals surface area contributed by atoms with Crippen LogP contribution in [-0.4, -0.2) is 56.7 Å². The number of hydrogen-bond donors (Lipinski definition) is 1.